The fourth-order valence-electron chi connectivity index (χ4n) is 1.54. The lowest BCUT2D eigenvalue weighted by molar-refractivity contribution is 0.316. The van der Waals surface area contributed by atoms with Crippen molar-refractivity contribution in [2.75, 3.05) is 6.17 Å². The van der Waals surface area contributed by atoms with Crippen molar-refractivity contribution in [1.82, 2.24) is 0 Å². The molecule has 0 aliphatic carbocycles. The fraction of sp³-hybridized carbons (Fsp3) is 0.143. The minimum absolute atomic E-state index is 0.422. The van der Waals surface area contributed by atoms with E-state index in [1.165, 1.54) is 0 Å². The molecule has 0 amide bonds. The van der Waals surface area contributed by atoms with Crippen molar-refractivity contribution in [3.8, 4) is 0 Å². The van der Waals surface area contributed by atoms with Gasteiger partial charge in [-0.25, -0.2) is 0 Å². The third kappa shape index (κ3) is 2.76. The van der Waals surface area contributed by atoms with Gasteiger partial charge in [0.1, 0.15) is 0 Å². The summed E-state index contributed by atoms with van der Waals surface area (Å²) < 4.78 is 22.6. The summed E-state index contributed by atoms with van der Waals surface area (Å²) in [6.07, 6.45) is 0.422. The molecule has 2 rings (SSSR count). The van der Waals surface area contributed by atoms with Gasteiger partial charge in [-0.2, -0.15) is 0 Å². The first-order chi connectivity index (χ1) is 7.87. The Balaban J connectivity index is 2.22. The number of nitrogens with two attached hydrogens (primary N) is 1. The van der Waals surface area contributed by atoms with Gasteiger partial charge < -0.3 is 22.2 Å². The highest BCUT2D eigenvalue weighted by molar-refractivity contribution is 6.86. The van der Waals surface area contributed by atoms with Gasteiger partial charge in [0.2, 0.25) is 0 Å². The van der Waals surface area contributed by atoms with Crippen LogP contribution in [-0.4, -0.2) is 44.7 Å². The van der Waals surface area contributed by atoms with Crippen LogP contribution in [0.15, 0.2) is 30.3 Å². The number of hydrogen-bond donors (Lipinski definition) is 1. The molecule has 0 aromatic heterocycles. The van der Waals surface area contributed by atoms with Gasteiger partial charge in [0.15, 0.2) is 0 Å². The highest BCUT2D eigenvalue weighted by atomic mass is 28.5. The van der Waals surface area contributed by atoms with Crippen LogP contribution in [0.1, 0.15) is 0 Å². The van der Waals surface area contributed by atoms with Crippen molar-refractivity contribution in [2.45, 2.75) is 0 Å². The Hall–Kier alpha value is -0.112. The molecule has 1 aromatic carbocycles. The van der Waals surface area contributed by atoms with E-state index in [9.17, 15) is 0 Å². The van der Waals surface area contributed by atoms with Crippen molar-refractivity contribution < 1.29 is 16.5 Å². The third-order valence-electron chi connectivity index (χ3n) is 2.40. The Labute approximate surface area is 103 Å². The molecule has 1 aliphatic rings. The predicted molar refractivity (Wildman–Crippen MR) is 70.9 cm³/mol. The first-order valence-electron chi connectivity index (χ1n) is 5.06. The second-order valence-electron chi connectivity index (χ2n) is 3.37. The molecule has 0 saturated carbocycles. The highest BCUT2D eigenvalue weighted by Crippen LogP contribution is 2.07. The average molecular weight is 290 g/mol. The number of benzene rings is 1. The molecule has 1 fully saturated rings. The number of hydrogen-bond acceptors (Lipinski definition) is 5. The van der Waals surface area contributed by atoms with E-state index in [1.54, 1.807) is 0 Å². The molecule has 0 radical (unpaired) electrons. The summed E-state index contributed by atoms with van der Waals surface area (Å²) in [5.41, 5.74) is 5.85. The Morgan fingerprint density at radius 3 is 2.19 bits per heavy atom. The van der Waals surface area contributed by atoms with E-state index >= 15 is 0 Å². The Kier molecular flexibility index (Phi) is 4.63. The SMILES string of the molecule is NC[Si]1(c2ccccc2)O[SiH2]O[SiH2]O[SiH2]O1. The van der Waals surface area contributed by atoms with Crippen LogP contribution in [-0.2, 0) is 16.5 Å². The molecule has 88 valence electrons. The lowest BCUT2D eigenvalue weighted by Crippen LogP contribution is -2.62. The average Bonchev–Trinajstić information content (AvgIpc) is 2.31. The van der Waals surface area contributed by atoms with Crippen molar-refractivity contribution in [1.29, 1.82) is 0 Å². The Morgan fingerprint density at radius 2 is 1.62 bits per heavy atom. The zero-order valence-electron chi connectivity index (χ0n) is 8.93. The maximum atomic E-state index is 5.90. The minimum atomic E-state index is -2.44. The molecule has 0 unspecified atom stereocenters. The molecule has 5 nitrogen and oxygen atoms in total. The molecule has 16 heavy (non-hydrogen) atoms. The van der Waals surface area contributed by atoms with Crippen molar-refractivity contribution in [3.05, 3.63) is 30.3 Å². The molecule has 1 aromatic rings. The molecule has 0 spiro atoms. The summed E-state index contributed by atoms with van der Waals surface area (Å²) in [5, 5.41) is 1.08. The smallest absolute Gasteiger partial charge is 0.368 e. The minimum Gasteiger partial charge on any atom is -0.425 e. The summed E-state index contributed by atoms with van der Waals surface area (Å²) in [6, 6.07) is 9.96. The molecule has 1 aliphatic heterocycles. The van der Waals surface area contributed by atoms with Gasteiger partial charge in [0.05, 0.1) is 0 Å². The van der Waals surface area contributed by atoms with Crippen LogP contribution >= 0.6 is 0 Å². The summed E-state index contributed by atoms with van der Waals surface area (Å²) in [6.45, 7) is 0. The fourth-order valence-corrected chi connectivity index (χ4v) is 11.6. The maximum absolute atomic E-state index is 5.90. The van der Waals surface area contributed by atoms with Gasteiger partial charge in [-0.3, -0.25) is 0 Å². The van der Waals surface area contributed by atoms with E-state index in [0.717, 1.165) is 5.19 Å². The van der Waals surface area contributed by atoms with Gasteiger partial charge in [-0.1, -0.05) is 30.3 Å². The van der Waals surface area contributed by atoms with Gasteiger partial charge in [-0.15, -0.1) is 0 Å². The van der Waals surface area contributed by atoms with Crippen LogP contribution in [0.5, 0.6) is 0 Å². The van der Waals surface area contributed by atoms with Crippen molar-refractivity contribution in [2.24, 2.45) is 5.73 Å². The molecule has 1 heterocycles. The molecular weight excluding hydrogens is 274 g/mol. The normalized spacial score (nSPS) is 31.6. The van der Waals surface area contributed by atoms with Gasteiger partial charge >= 0.3 is 8.56 Å². The molecular formula is C7H15NO4Si4. The van der Waals surface area contributed by atoms with Crippen LogP contribution < -0.4 is 10.9 Å². The number of rotatable bonds is 2. The van der Waals surface area contributed by atoms with Crippen LogP contribution in [0.4, 0.5) is 0 Å². The third-order valence-corrected chi connectivity index (χ3v) is 11.5. The lowest BCUT2D eigenvalue weighted by atomic mass is 10.4. The van der Waals surface area contributed by atoms with Crippen molar-refractivity contribution in [3.63, 3.8) is 0 Å². The van der Waals surface area contributed by atoms with Crippen LogP contribution in [0.2, 0.25) is 0 Å². The van der Waals surface area contributed by atoms with E-state index in [2.05, 4.69) is 0 Å². The highest BCUT2D eigenvalue weighted by Gasteiger charge is 2.39. The van der Waals surface area contributed by atoms with Crippen LogP contribution in [0.3, 0.4) is 0 Å². The molecule has 0 bridgehead atoms. The standard InChI is InChI=1S/C7H15NO4Si4/c8-6-16(7-4-2-1-3-5-7)11-14-9-13-10-15-12-16/h1-5H,6,8,13-15H2. The molecule has 9 heteroatoms. The van der Waals surface area contributed by atoms with Crippen molar-refractivity contribution >= 4 is 43.8 Å². The Bertz CT molecular complexity index is 319. The predicted octanol–water partition coefficient (Wildman–Crippen LogP) is -3.09. The second kappa shape index (κ2) is 5.99. The summed E-state index contributed by atoms with van der Waals surface area (Å²) >= 11 is 0. The zero-order valence-corrected chi connectivity index (χ0v) is 14.2. The first-order valence-corrected chi connectivity index (χ1v) is 10.6. The monoisotopic (exact) mass is 289 g/mol. The van der Waals surface area contributed by atoms with Crippen LogP contribution in [0.25, 0.3) is 0 Å². The lowest BCUT2D eigenvalue weighted by Gasteiger charge is -2.32. The quantitative estimate of drug-likeness (QED) is 0.585. The van der Waals surface area contributed by atoms with Gasteiger partial charge in [-0.05, 0) is 5.19 Å². The van der Waals surface area contributed by atoms with Gasteiger partial charge in [0, 0.05) is 6.17 Å². The largest absolute Gasteiger partial charge is 0.425 e. The van der Waals surface area contributed by atoms with E-state index in [4.69, 9.17) is 22.2 Å². The Morgan fingerprint density at radius 1 is 1.00 bits per heavy atom. The summed E-state index contributed by atoms with van der Waals surface area (Å²) in [7, 11) is -5.26. The van der Waals surface area contributed by atoms with Gasteiger partial charge in [0.25, 0.3) is 30.0 Å². The first kappa shape index (κ1) is 12.3. The maximum Gasteiger partial charge on any atom is 0.368 e. The molecule has 2 N–H and O–H groups in total. The topological polar surface area (TPSA) is 62.9 Å². The summed E-state index contributed by atoms with van der Waals surface area (Å²) in [5.74, 6) is 0. The summed E-state index contributed by atoms with van der Waals surface area (Å²) in [4.78, 5) is 0. The molecule has 0 atom stereocenters. The zero-order chi connectivity index (χ0) is 11.3. The van der Waals surface area contributed by atoms with E-state index in [-0.39, 0.29) is 0 Å². The second-order valence-corrected chi connectivity index (χ2v) is 12.1. The van der Waals surface area contributed by atoms with E-state index < -0.39 is 38.6 Å². The molecule has 1 saturated heterocycles. The van der Waals surface area contributed by atoms with E-state index in [0.29, 0.717) is 6.17 Å². The van der Waals surface area contributed by atoms with Crippen LogP contribution in [0, 0.1) is 0 Å². The van der Waals surface area contributed by atoms with E-state index in [1.807, 2.05) is 30.3 Å².